The van der Waals surface area contributed by atoms with Crippen LogP contribution >= 0.6 is 0 Å². The zero-order valence-electron chi connectivity index (χ0n) is 26.0. The Kier molecular flexibility index (Phi) is 9.57. The van der Waals surface area contributed by atoms with E-state index >= 15 is 0 Å². The summed E-state index contributed by atoms with van der Waals surface area (Å²) in [7, 11) is 0. The van der Waals surface area contributed by atoms with Gasteiger partial charge >= 0.3 is 0 Å². The van der Waals surface area contributed by atoms with Crippen LogP contribution in [0.2, 0.25) is 0 Å². The van der Waals surface area contributed by atoms with Crippen molar-refractivity contribution < 1.29 is 69.0 Å². The van der Waals surface area contributed by atoms with Gasteiger partial charge in [0.15, 0.2) is 6.29 Å². The third-order valence-corrected chi connectivity index (χ3v) is 10.1. The highest BCUT2D eigenvalue weighted by atomic mass is 16.7. The minimum absolute atomic E-state index is 0.0235. The highest BCUT2D eigenvalue weighted by molar-refractivity contribution is 5.73. The van der Waals surface area contributed by atoms with E-state index in [1.807, 2.05) is 24.8 Å². The van der Waals surface area contributed by atoms with E-state index in [2.05, 4.69) is 0 Å². The maximum absolute atomic E-state index is 12.0. The molecule has 4 fully saturated rings. The molecule has 0 aliphatic carbocycles. The first-order chi connectivity index (χ1) is 21.8. The van der Waals surface area contributed by atoms with Crippen LogP contribution in [0.3, 0.4) is 0 Å². The standard InChI is InChI=1S/C31H45NO14/c1-13(35)32-7-6-18-14(10-32)8-17-27(42-18)16-5-4-15(9-19(16)46-31(17,2)3)41-29-26(40)24(38)28(21(12-34)44-29)45-30-25(39)23(37)22(36)20(11-33)43-30/h4-5,9,14,17-18,20-30,33-34,36-40H,6-8,10-12H2,1-3H3/t14-,17+,18+,20+,21+,22-,23-,24+,25+,26+,27-,28+,29+,30-/m0/s1. The van der Waals surface area contributed by atoms with E-state index in [0.29, 0.717) is 18.8 Å². The van der Waals surface area contributed by atoms with Crippen LogP contribution in [0, 0.1) is 11.8 Å². The molecule has 0 spiro atoms. The Balaban J connectivity index is 1.15. The molecule has 7 N–H and O–H groups in total. The van der Waals surface area contributed by atoms with Gasteiger partial charge in [0.05, 0.1) is 25.4 Å². The third kappa shape index (κ3) is 6.12. The van der Waals surface area contributed by atoms with Crippen molar-refractivity contribution in [1.29, 1.82) is 0 Å². The number of benzene rings is 1. The molecule has 4 saturated heterocycles. The first-order valence-electron chi connectivity index (χ1n) is 15.8. The van der Waals surface area contributed by atoms with Gasteiger partial charge in [0, 0.05) is 43.5 Å². The van der Waals surface area contributed by atoms with Crippen LogP contribution in [-0.4, -0.2) is 146 Å². The summed E-state index contributed by atoms with van der Waals surface area (Å²) < 4.78 is 35.8. The first kappa shape index (κ1) is 33.7. The Hall–Kier alpha value is -2.15. The molecule has 15 nitrogen and oxygen atoms in total. The van der Waals surface area contributed by atoms with Crippen molar-refractivity contribution in [2.75, 3.05) is 26.3 Å². The zero-order valence-corrected chi connectivity index (χ0v) is 26.0. The van der Waals surface area contributed by atoms with E-state index in [0.717, 1.165) is 18.4 Å². The Labute approximate surface area is 266 Å². The van der Waals surface area contributed by atoms with Gasteiger partial charge in [-0.3, -0.25) is 4.79 Å². The average molecular weight is 656 g/mol. The number of piperidine rings is 1. The molecule has 1 aromatic rings. The third-order valence-electron chi connectivity index (χ3n) is 10.1. The molecule has 46 heavy (non-hydrogen) atoms. The maximum atomic E-state index is 12.0. The van der Waals surface area contributed by atoms with Gasteiger partial charge in [0.1, 0.15) is 65.9 Å². The summed E-state index contributed by atoms with van der Waals surface area (Å²) in [6.45, 7) is 5.55. The van der Waals surface area contributed by atoms with Crippen LogP contribution < -0.4 is 9.47 Å². The molecular weight excluding hydrogens is 610 g/mol. The molecule has 5 heterocycles. The number of nitrogens with zero attached hydrogens (tertiary/aromatic N) is 1. The van der Waals surface area contributed by atoms with Crippen molar-refractivity contribution in [1.82, 2.24) is 4.90 Å². The van der Waals surface area contributed by atoms with Crippen LogP contribution in [0.5, 0.6) is 11.5 Å². The number of fused-ring (bicyclic) bond motifs is 4. The fourth-order valence-corrected chi connectivity index (χ4v) is 7.43. The van der Waals surface area contributed by atoms with Crippen LogP contribution in [0.1, 0.15) is 45.3 Å². The molecule has 0 radical (unpaired) electrons. The number of carbonyl (C=O) groups is 1. The summed E-state index contributed by atoms with van der Waals surface area (Å²) in [5.74, 6) is 1.13. The minimum Gasteiger partial charge on any atom is -0.487 e. The van der Waals surface area contributed by atoms with E-state index in [1.165, 1.54) is 0 Å². The fraction of sp³-hybridized carbons (Fsp3) is 0.774. The summed E-state index contributed by atoms with van der Waals surface area (Å²) in [4.78, 5) is 13.9. The molecule has 1 amide bonds. The van der Waals surface area contributed by atoms with E-state index < -0.39 is 80.2 Å². The van der Waals surface area contributed by atoms with Gasteiger partial charge in [-0.15, -0.1) is 0 Å². The van der Waals surface area contributed by atoms with Crippen molar-refractivity contribution in [3.05, 3.63) is 23.8 Å². The normalized spacial score (nSPS) is 43.5. The molecule has 5 aliphatic rings. The zero-order chi connectivity index (χ0) is 33.1. The van der Waals surface area contributed by atoms with Gasteiger partial charge in [-0.05, 0) is 38.8 Å². The number of hydrogen-bond acceptors (Lipinski definition) is 14. The lowest BCUT2D eigenvalue weighted by molar-refractivity contribution is -0.352. The molecule has 5 aliphatic heterocycles. The van der Waals surface area contributed by atoms with Crippen LogP contribution in [0.15, 0.2) is 18.2 Å². The molecule has 0 aromatic heterocycles. The average Bonchev–Trinajstić information content (AvgIpc) is 3.03. The fourth-order valence-electron chi connectivity index (χ4n) is 7.43. The first-order valence-corrected chi connectivity index (χ1v) is 15.8. The van der Waals surface area contributed by atoms with Crippen molar-refractivity contribution in [2.45, 2.75) is 113 Å². The number of aliphatic hydroxyl groups excluding tert-OH is 7. The van der Waals surface area contributed by atoms with E-state index in [9.17, 15) is 40.5 Å². The monoisotopic (exact) mass is 655 g/mol. The number of ether oxygens (including phenoxy) is 6. The second kappa shape index (κ2) is 13.0. The lowest BCUT2D eigenvalue weighted by Crippen LogP contribution is -2.65. The smallest absolute Gasteiger partial charge is 0.229 e. The van der Waals surface area contributed by atoms with Crippen LogP contribution in [0.4, 0.5) is 0 Å². The van der Waals surface area contributed by atoms with Crippen molar-refractivity contribution >= 4 is 5.91 Å². The maximum Gasteiger partial charge on any atom is 0.229 e. The van der Waals surface area contributed by atoms with Crippen molar-refractivity contribution in [2.24, 2.45) is 11.8 Å². The van der Waals surface area contributed by atoms with Crippen molar-refractivity contribution in [3.63, 3.8) is 0 Å². The summed E-state index contributed by atoms with van der Waals surface area (Å²) >= 11 is 0. The number of rotatable bonds is 6. The van der Waals surface area contributed by atoms with Gasteiger partial charge in [-0.2, -0.15) is 0 Å². The molecule has 14 atom stereocenters. The molecule has 0 bridgehead atoms. The van der Waals surface area contributed by atoms with E-state index in [4.69, 9.17) is 28.4 Å². The van der Waals surface area contributed by atoms with Gasteiger partial charge in [0.25, 0.3) is 0 Å². The second-order valence-corrected chi connectivity index (χ2v) is 13.5. The van der Waals surface area contributed by atoms with Gasteiger partial charge in [-0.25, -0.2) is 0 Å². The van der Waals surface area contributed by atoms with Gasteiger partial charge in [0.2, 0.25) is 12.2 Å². The quantitative estimate of drug-likeness (QED) is 0.180. The SMILES string of the molecule is CC(=O)N1CC[C@H]2O[C@H]3c4ccc(O[C@@H]5O[C@H](CO)[C@@H](O[C@@H]6O[C@H](CO)[C@H](O)[C@H](O)[C@H]6O)[C@H](O)[C@H]5O)cc4OC(C)(C)[C@@H]3C[C@H]2C1. The molecular formula is C31H45NO14. The number of amides is 1. The van der Waals surface area contributed by atoms with E-state index in [-0.39, 0.29) is 35.7 Å². The molecule has 15 heteroatoms. The molecule has 0 saturated carbocycles. The van der Waals surface area contributed by atoms with Gasteiger partial charge in [-0.1, -0.05) is 0 Å². The van der Waals surface area contributed by atoms with Crippen LogP contribution in [0.25, 0.3) is 0 Å². The topological polar surface area (TPSA) is 217 Å². The number of likely N-dealkylation sites (tertiary alicyclic amines) is 1. The number of carbonyl (C=O) groups excluding carboxylic acids is 1. The van der Waals surface area contributed by atoms with E-state index in [1.54, 1.807) is 19.1 Å². The van der Waals surface area contributed by atoms with Crippen molar-refractivity contribution in [3.8, 4) is 11.5 Å². The lowest BCUT2D eigenvalue weighted by atomic mass is 9.70. The van der Waals surface area contributed by atoms with Crippen LogP contribution in [-0.2, 0) is 23.7 Å². The number of aliphatic hydroxyl groups is 7. The summed E-state index contributed by atoms with van der Waals surface area (Å²) in [6.07, 6.45) is -14.1. The highest BCUT2D eigenvalue weighted by Crippen LogP contribution is 2.53. The lowest BCUT2D eigenvalue weighted by Gasteiger charge is -2.53. The summed E-state index contributed by atoms with van der Waals surface area (Å²) in [6, 6.07) is 5.18. The molecule has 6 rings (SSSR count). The molecule has 0 unspecified atom stereocenters. The number of hydrogen-bond donors (Lipinski definition) is 7. The predicted octanol–water partition coefficient (Wildman–Crippen LogP) is -1.82. The molecule has 1 aromatic carbocycles. The Bertz CT molecular complexity index is 1250. The highest BCUT2D eigenvalue weighted by Gasteiger charge is 2.53. The summed E-state index contributed by atoms with van der Waals surface area (Å²) in [5, 5.41) is 71.9. The Morgan fingerprint density at radius 3 is 2.33 bits per heavy atom. The molecule has 258 valence electrons. The second-order valence-electron chi connectivity index (χ2n) is 13.5. The Morgan fingerprint density at radius 1 is 0.935 bits per heavy atom. The minimum atomic E-state index is -1.76. The van der Waals surface area contributed by atoms with Gasteiger partial charge < -0.3 is 69.1 Å². The Morgan fingerprint density at radius 2 is 1.63 bits per heavy atom. The summed E-state index contributed by atoms with van der Waals surface area (Å²) in [5.41, 5.74) is 0.254. The predicted molar refractivity (Wildman–Crippen MR) is 154 cm³/mol. The largest absolute Gasteiger partial charge is 0.487 e.